The van der Waals surface area contributed by atoms with Crippen molar-refractivity contribution in [2.45, 2.75) is 38.3 Å². The van der Waals surface area contributed by atoms with Crippen LogP contribution in [-0.4, -0.2) is 39.7 Å². The van der Waals surface area contributed by atoms with Gasteiger partial charge in [0.2, 0.25) is 23.7 Å². The fraction of sp³-hybridized carbons (Fsp3) is 0.412. The van der Waals surface area contributed by atoms with Crippen LogP contribution in [0.5, 0.6) is 11.5 Å². The molecule has 2 amide bonds. The Morgan fingerprint density at radius 3 is 2.85 bits per heavy atom. The number of benzene rings is 1. The molecule has 4 rings (SSSR count). The zero-order valence-electron chi connectivity index (χ0n) is 14.0. The molecular formula is C17H18N4O4S. The summed E-state index contributed by atoms with van der Waals surface area (Å²) >= 11 is 1.25. The normalized spacial score (nSPS) is 14.9. The van der Waals surface area contributed by atoms with Gasteiger partial charge >= 0.3 is 0 Å². The summed E-state index contributed by atoms with van der Waals surface area (Å²) in [6, 6.07) is 5.98. The molecule has 1 aromatic carbocycles. The van der Waals surface area contributed by atoms with Crippen LogP contribution in [-0.2, 0) is 16.1 Å². The van der Waals surface area contributed by atoms with E-state index >= 15 is 0 Å². The van der Waals surface area contributed by atoms with Crippen LogP contribution in [0.1, 0.15) is 31.2 Å². The van der Waals surface area contributed by atoms with Crippen molar-refractivity contribution in [2.75, 3.05) is 12.1 Å². The van der Waals surface area contributed by atoms with E-state index in [0.717, 1.165) is 24.2 Å². The highest BCUT2D eigenvalue weighted by Gasteiger charge is 2.32. The largest absolute Gasteiger partial charge is 0.454 e. The fourth-order valence-electron chi connectivity index (χ4n) is 2.82. The highest BCUT2D eigenvalue weighted by molar-refractivity contribution is 7.13. The maximum absolute atomic E-state index is 12.6. The van der Waals surface area contributed by atoms with Gasteiger partial charge in [0.15, 0.2) is 11.5 Å². The van der Waals surface area contributed by atoms with Gasteiger partial charge < -0.3 is 19.7 Å². The average Bonchev–Trinajstić information content (AvgIpc) is 3.14. The number of aromatic nitrogens is 2. The lowest BCUT2D eigenvalue weighted by Crippen LogP contribution is -2.33. The van der Waals surface area contributed by atoms with Crippen LogP contribution in [0.15, 0.2) is 23.7 Å². The van der Waals surface area contributed by atoms with Gasteiger partial charge in [-0.15, -0.1) is 10.2 Å². The predicted octanol–water partition coefficient (Wildman–Crippen LogP) is 2.18. The fourth-order valence-corrected chi connectivity index (χ4v) is 3.28. The molecule has 0 bridgehead atoms. The van der Waals surface area contributed by atoms with E-state index in [-0.39, 0.29) is 37.5 Å². The average molecular weight is 374 g/mol. The molecule has 26 heavy (non-hydrogen) atoms. The van der Waals surface area contributed by atoms with E-state index in [0.29, 0.717) is 17.4 Å². The molecular weight excluding hydrogens is 356 g/mol. The van der Waals surface area contributed by atoms with E-state index in [1.54, 1.807) is 5.51 Å². The van der Waals surface area contributed by atoms with Crippen molar-refractivity contribution in [3.05, 3.63) is 29.3 Å². The number of carbonyl (C=O) groups excluding carboxylic acids is 2. The van der Waals surface area contributed by atoms with Gasteiger partial charge in [0, 0.05) is 25.4 Å². The minimum Gasteiger partial charge on any atom is -0.454 e. The second kappa shape index (κ2) is 7.28. The molecule has 0 saturated heterocycles. The summed E-state index contributed by atoms with van der Waals surface area (Å²) in [5.41, 5.74) is 2.54. The number of hydrogen-bond donors (Lipinski definition) is 1. The number of amides is 2. The van der Waals surface area contributed by atoms with Gasteiger partial charge in [-0.2, -0.15) is 0 Å². The molecule has 2 heterocycles. The summed E-state index contributed by atoms with van der Waals surface area (Å²) in [6.45, 7) is 0.742. The quantitative estimate of drug-likeness (QED) is 0.798. The first-order chi connectivity index (χ1) is 12.7. The first-order valence-corrected chi connectivity index (χ1v) is 9.31. The number of anilines is 1. The molecule has 1 aromatic heterocycles. The smallest absolute Gasteiger partial charge is 0.231 e. The van der Waals surface area contributed by atoms with Crippen molar-refractivity contribution in [2.24, 2.45) is 0 Å². The first kappa shape index (κ1) is 16.8. The summed E-state index contributed by atoms with van der Waals surface area (Å²) in [5.74, 6) is 1.19. The number of ether oxygens (including phenoxy) is 2. The lowest BCUT2D eigenvalue weighted by atomic mass is 10.1. The first-order valence-electron chi connectivity index (χ1n) is 8.43. The summed E-state index contributed by atoms with van der Waals surface area (Å²) in [7, 11) is 0. The molecule has 1 aliphatic heterocycles. The molecule has 8 nitrogen and oxygen atoms in total. The molecule has 0 unspecified atom stereocenters. The molecule has 9 heteroatoms. The molecule has 2 aliphatic rings. The van der Waals surface area contributed by atoms with Gasteiger partial charge in [-0.05, 0) is 30.5 Å². The van der Waals surface area contributed by atoms with Crippen LogP contribution in [0.2, 0.25) is 0 Å². The van der Waals surface area contributed by atoms with Crippen LogP contribution < -0.4 is 14.8 Å². The molecule has 0 radical (unpaired) electrons. The Morgan fingerprint density at radius 2 is 2.08 bits per heavy atom. The number of nitrogens with zero attached hydrogens (tertiary/aromatic N) is 3. The van der Waals surface area contributed by atoms with Gasteiger partial charge in [0.1, 0.15) is 5.51 Å². The number of nitrogens with one attached hydrogen (secondary N) is 1. The molecule has 1 saturated carbocycles. The van der Waals surface area contributed by atoms with E-state index in [2.05, 4.69) is 15.5 Å². The van der Waals surface area contributed by atoms with Gasteiger partial charge in [0.25, 0.3) is 0 Å². The van der Waals surface area contributed by atoms with Crippen molar-refractivity contribution >= 4 is 28.3 Å². The molecule has 0 spiro atoms. The lowest BCUT2D eigenvalue weighted by molar-refractivity contribution is -0.134. The minimum absolute atomic E-state index is 0.0161. The Morgan fingerprint density at radius 1 is 1.23 bits per heavy atom. The van der Waals surface area contributed by atoms with E-state index < -0.39 is 0 Å². The third kappa shape index (κ3) is 3.93. The molecule has 136 valence electrons. The summed E-state index contributed by atoms with van der Waals surface area (Å²) in [5, 5.41) is 10.5. The Hall–Kier alpha value is -2.68. The van der Waals surface area contributed by atoms with Crippen molar-refractivity contribution in [1.82, 2.24) is 15.1 Å². The third-order valence-electron chi connectivity index (χ3n) is 4.27. The van der Waals surface area contributed by atoms with Crippen LogP contribution in [0, 0.1) is 0 Å². The van der Waals surface area contributed by atoms with Crippen molar-refractivity contribution in [3.63, 3.8) is 0 Å². The monoisotopic (exact) mass is 374 g/mol. The summed E-state index contributed by atoms with van der Waals surface area (Å²) in [4.78, 5) is 26.4. The van der Waals surface area contributed by atoms with Gasteiger partial charge in [-0.3, -0.25) is 9.59 Å². The van der Waals surface area contributed by atoms with E-state index in [4.69, 9.17) is 9.47 Å². The Kier molecular flexibility index (Phi) is 4.70. The zero-order chi connectivity index (χ0) is 17.9. The molecule has 0 atom stereocenters. The maximum Gasteiger partial charge on any atom is 0.231 e. The second-order valence-corrected chi connectivity index (χ2v) is 7.07. The third-order valence-corrected chi connectivity index (χ3v) is 4.88. The van der Waals surface area contributed by atoms with Crippen molar-refractivity contribution in [1.29, 1.82) is 0 Å². The maximum atomic E-state index is 12.6. The van der Waals surface area contributed by atoms with E-state index in [9.17, 15) is 9.59 Å². The topological polar surface area (TPSA) is 93.7 Å². The molecule has 1 aliphatic carbocycles. The Bertz CT molecular complexity index is 807. The van der Waals surface area contributed by atoms with Crippen LogP contribution >= 0.6 is 11.3 Å². The van der Waals surface area contributed by atoms with E-state index in [1.807, 2.05) is 23.1 Å². The highest BCUT2D eigenvalue weighted by atomic mass is 32.1. The summed E-state index contributed by atoms with van der Waals surface area (Å²) < 4.78 is 10.7. The van der Waals surface area contributed by atoms with E-state index in [1.165, 1.54) is 11.3 Å². The molecule has 1 N–H and O–H groups in total. The number of rotatable bonds is 7. The van der Waals surface area contributed by atoms with Crippen LogP contribution in [0.4, 0.5) is 5.13 Å². The Labute approximate surface area is 154 Å². The summed E-state index contributed by atoms with van der Waals surface area (Å²) in [6.07, 6.45) is 2.31. The standard InChI is InChI=1S/C17H18N4O4S/c22-15(19-17-20-18-9-26-17)5-6-16(23)21(12-2-3-12)8-11-1-4-13-14(7-11)25-10-24-13/h1,4,7,9,12H,2-3,5-6,8,10H2,(H,19,20,22). The van der Waals surface area contributed by atoms with Crippen LogP contribution in [0.3, 0.4) is 0 Å². The van der Waals surface area contributed by atoms with Gasteiger partial charge in [-0.1, -0.05) is 17.4 Å². The van der Waals surface area contributed by atoms with Crippen LogP contribution in [0.25, 0.3) is 0 Å². The zero-order valence-corrected chi connectivity index (χ0v) is 14.8. The van der Waals surface area contributed by atoms with Gasteiger partial charge in [-0.25, -0.2) is 0 Å². The Balaban J connectivity index is 1.34. The predicted molar refractivity (Wildman–Crippen MR) is 93.9 cm³/mol. The number of carbonyl (C=O) groups is 2. The van der Waals surface area contributed by atoms with Crippen molar-refractivity contribution in [3.8, 4) is 11.5 Å². The number of fused-ring (bicyclic) bond motifs is 1. The van der Waals surface area contributed by atoms with Gasteiger partial charge in [0.05, 0.1) is 0 Å². The molecule has 1 fully saturated rings. The number of hydrogen-bond acceptors (Lipinski definition) is 7. The SMILES string of the molecule is O=C(CCC(=O)N(Cc1ccc2c(c1)OCO2)C1CC1)Nc1nncs1. The highest BCUT2D eigenvalue weighted by Crippen LogP contribution is 2.34. The minimum atomic E-state index is -0.228. The molecule has 2 aromatic rings. The lowest BCUT2D eigenvalue weighted by Gasteiger charge is -2.22. The van der Waals surface area contributed by atoms with Crippen molar-refractivity contribution < 1.29 is 19.1 Å². The second-order valence-electron chi connectivity index (χ2n) is 6.23.